The topological polar surface area (TPSA) is 93.8 Å². The largest absolute Gasteiger partial charge is 0.352 e. The van der Waals surface area contributed by atoms with E-state index in [9.17, 15) is 14.4 Å². The fourth-order valence-corrected chi connectivity index (χ4v) is 3.90. The molecule has 1 aliphatic heterocycles. The second-order valence-corrected chi connectivity index (χ2v) is 8.97. The maximum absolute atomic E-state index is 12.2. The number of carbonyl (C=O) groups is 3. The van der Waals surface area contributed by atoms with E-state index in [1.54, 1.807) is 0 Å². The van der Waals surface area contributed by atoms with Gasteiger partial charge in [0.05, 0.1) is 19.1 Å². The fraction of sp³-hybridized carbons (Fsp3) is 0.571. The van der Waals surface area contributed by atoms with Gasteiger partial charge in [0, 0.05) is 42.4 Å². The lowest BCUT2D eigenvalue weighted by Crippen LogP contribution is -2.55. The molecule has 9 heteroatoms. The van der Waals surface area contributed by atoms with E-state index in [0.29, 0.717) is 6.04 Å². The molecule has 1 aromatic carbocycles. The van der Waals surface area contributed by atoms with Gasteiger partial charge >= 0.3 is 0 Å². The summed E-state index contributed by atoms with van der Waals surface area (Å²) in [5.41, 5.74) is 1.68. The van der Waals surface area contributed by atoms with Gasteiger partial charge in [0.15, 0.2) is 0 Å². The van der Waals surface area contributed by atoms with Crippen LogP contribution in [-0.2, 0) is 14.4 Å². The van der Waals surface area contributed by atoms with Gasteiger partial charge in [0.1, 0.15) is 0 Å². The molecule has 3 amide bonds. The Bertz CT molecular complexity index is 791. The van der Waals surface area contributed by atoms with Gasteiger partial charge in [-0.05, 0) is 50.5 Å². The Morgan fingerprint density at radius 3 is 2.47 bits per heavy atom. The minimum absolute atomic E-state index is 0.0628. The average Bonchev–Trinajstić information content (AvgIpc) is 3.52. The number of carbonyl (C=O) groups excluding carboxylic acids is 3. The summed E-state index contributed by atoms with van der Waals surface area (Å²) in [6.07, 6.45) is 2.17. The third-order valence-electron chi connectivity index (χ3n) is 5.53. The van der Waals surface area contributed by atoms with E-state index in [2.05, 4.69) is 36.8 Å². The van der Waals surface area contributed by atoms with E-state index in [1.165, 1.54) is 0 Å². The predicted octanol–water partition coefficient (Wildman–Crippen LogP) is 1.10. The van der Waals surface area contributed by atoms with Crippen LogP contribution in [0, 0.1) is 6.92 Å². The molecule has 1 aliphatic carbocycles. The van der Waals surface area contributed by atoms with Crippen LogP contribution in [0.3, 0.4) is 0 Å². The number of nitrogens with one attached hydrogen (secondary N) is 3. The van der Waals surface area contributed by atoms with Gasteiger partial charge in [-0.2, -0.15) is 0 Å². The van der Waals surface area contributed by atoms with Crippen LogP contribution in [-0.4, -0.2) is 78.9 Å². The number of hydrogen-bond donors (Lipinski definition) is 3. The van der Waals surface area contributed by atoms with E-state index in [1.807, 2.05) is 36.9 Å². The van der Waals surface area contributed by atoms with Crippen molar-refractivity contribution in [2.75, 3.05) is 44.6 Å². The fourth-order valence-electron chi connectivity index (χ4n) is 3.42. The highest BCUT2D eigenvalue weighted by Gasteiger charge is 2.30. The minimum atomic E-state index is -0.255. The summed E-state index contributed by atoms with van der Waals surface area (Å²) >= 11 is 3.39. The molecule has 0 bridgehead atoms. The first-order chi connectivity index (χ1) is 14.3. The highest BCUT2D eigenvalue weighted by molar-refractivity contribution is 9.10. The van der Waals surface area contributed by atoms with Crippen LogP contribution in [0.15, 0.2) is 22.7 Å². The summed E-state index contributed by atoms with van der Waals surface area (Å²) in [6.45, 7) is 6.97. The maximum atomic E-state index is 12.2. The van der Waals surface area contributed by atoms with Crippen LogP contribution < -0.4 is 16.0 Å². The van der Waals surface area contributed by atoms with E-state index >= 15 is 0 Å². The Morgan fingerprint density at radius 2 is 1.83 bits per heavy atom. The number of aryl methyl sites for hydroxylation is 1. The Hall–Kier alpha value is -1.97. The SMILES string of the molecule is Cc1cc(Br)ccc1NC(=O)CNC(=O)CN1CCN(C(C)C(=O)NC2CC2)CC1. The third-order valence-corrected chi connectivity index (χ3v) is 6.03. The molecule has 8 nitrogen and oxygen atoms in total. The zero-order valence-corrected chi connectivity index (χ0v) is 19.1. The Balaban J connectivity index is 1.34. The van der Waals surface area contributed by atoms with E-state index < -0.39 is 0 Å². The summed E-state index contributed by atoms with van der Waals surface area (Å²) in [5, 5.41) is 8.54. The molecule has 2 aliphatic rings. The lowest BCUT2D eigenvalue weighted by atomic mass is 10.2. The second kappa shape index (κ2) is 10.4. The van der Waals surface area contributed by atoms with Crippen molar-refractivity contribution in [2.45, 2.75) is 38.8 Å². The third kappa shape index (κ3) is 6.78. The number of benzene rings is 1. The molecule has 1 atom stereocenters. The predicted molar refractivity (Wildman–Crippen MR) is 119 cm³/mol. The van der Waals surface area contributed by atoms with Crippen molar-refractivity contribution in [3.8, 4) is 0 Å². The van der Waals surface area contributed by atoms with Crippen molar-refractivity contribution in [1.82, 2.24) is 20.4 Å². The van der Waals surface area contributed by atoms with Gasteiger partial charge < -0.3 is 16.0 Å². The van der Waals surface area contributed by atoms with Crippen LogP contribution in [0.5, 0.6) is 0 Å². The molecule has 0 radical (unpaired) electrons. The molecule has 3 rings (SSSR count). The quantitative estimate of drug-likeness (QED) is 0.518. The number of anilines is 1. The van der Waals surface area contributed by atoms with Crippen molar-refractivity contribution in [1.29, 1.82) is 0 Å². The maximum Gasteiger partial charge on any atom is 0.243 e. The number of rotatable bonds is 8. The summed E-state index contributed by atoms with van der Waals surface area (Å²) < 4.78 is 0.948. The first-order valence-electron chi connectivity index (χ1n) is 10.4. The molecule has 2 fully saturated rings. The number of hydrogen-bond acceptors (Lipinski definition) is 5. The van der Waals surface area contributed by atoms with Gasteiger partial charge in [0.25, 0.3) is 0 Å². The second-order valence-electron chi connectivity index (χ2n) is 8.06. The molecule has 164 valence electrons. The molecule has 1 heterocycles. The first-order valence-corrected chi connectivity index (χ1v) is 11.2. The number of amides is 3. The normalized spacial score (nSPS) is 18.5. The molecule has 30 heavy (non-hydrogen) atoms. The molecular weight excluding hydrogens is 450 g/mol. The van der Waals surface area contributed by atoms with Gasteiger partial charge in [0.2, 0.25) is 17.7 Å². The van der Waals surface area contributed by atoms with E-state index in [-0.39, 0.29) is 36.9 Å². The molecule has 0 aromatic heterocycles. The lowest BCUT2D eigenvalue weighted by Gasteiger charge is -2.37. The van der Waals surface area contributed by atoms with E-state index in [0.717, 1.165) is 54.7 Å². The average molecular weight is 480 g/mol. The smallest absolute Gasteiger partial charge is 0.243 e. The van der Waals surface area contributed by atoms with Crippen LogP contribution >= 0.6 is 15.9 Å². The number of nitrogens with zero attached hydrogens (tertiary/aromatic N) is 2. The van der Waals surface area contributed by atoms with Crippen LogP contribution in [0.1, 0.15) is 25.3 Å². The molecule has 1 unspecified atom stereocenters. The minimum Gasteiger partial charge on any atom is -0.352 e. The summed E-state index contributed by atoms with van der Waals surface area (Å²) in [5.74, 6) is -0.338. The van der Waals surface area contributed by atoms with Gasteiger partial charge in [-0.25, -0.2) is 0 Å². The molecular formula is C21H30BrN5O3. The van der Waals surface area contributed by atoms with Crippen molar-refractivity contribution in [2.24, 2.45) is 0 Å². The Kier molecular flexibility index (Phi) is 7.85. The molecule has 0 spiro atoms. The molecule has 3 N–H and O–H groups in total. The number of halogens is 1. The van der Waals surface area contributed by atoms with Crippen molar-refractivity contribution < 1.29 is 14.4 Å². The zero-order chi connectivity index (χ0) is 21.7. The monoisotopic (exact) mass is 479 g/mol. The zero-order valence-electron chi connectivity index (χ0n) is 17.5. The van der Waals surface area contributed by atoms with Gasteiger partial charge in [-0.1, -0.05) is 15.9 Å². The summed E-state index contributed by atoms with van der Waals surface area (Å²) in [4.78, 5) is 40.7. The highest BCUT2D eigenvalue weighted by atomic mass is 79.9. The van der Waals surface area contributed by atoms with Gasteiger partial charge in [-0.3, -0.25) is 24.2 Å². The van der Waals surface area contributed by atoms with Crippen LogP contribution in [0.2, 0.25) is 0 Å². The highest BCUT2D eigenvalue weighted by Crippen LogP contribution is 2.20. The Morgan fingerprint density at radius 1 is 1.13 bits per heavy atom. The number of piperazine rings is 1. The van der Waals surface area contributed by atoms with Crippen LogP contribution in [0.4, 0.5) is 5.69 Å². The van der Waals surface area contributed by atoms with Crippen molar-refractivity contribution >= 4 is 39.3 Å². The summed E-state index contributed by atoms with van der Waals surface area (Å²) in [7, 11) is 0. The van der Waals surface area contributed by atoms with Crippen LogP contribution in [0.25, 0.3) is 0 Å². The molecule has 1 saturated heterocycles. The lowest BCUT2D eigenvalue weighted by molar-refractivity contribution is -0.128. The van der Waals surface area contributed by atoms with Crippen molar-refractivity contribution in [3.05, 3.63) is 28.2 Å². The molecule has 1 aromatic rings. The molecule has 1 saturated carbocycles. The first kappa shape index (κ1) is 22.7. The summed E-state index contributed by atoms with van der Waals surface area (Å²) in [6, 6.07) is 5.83. The standard InChI is InChI=1S/C21H30BrN5O3/c1-14-11-16(22)3-6-18(14)25-19(28)12-23-20(29)13-26-7-9-27(10-8-26)15(2)21(30)24-17-4-5-17/h3,6,11,15,17H,4-5,7-10,12-13H2,1-2H3,(H,23,29)(H,24,30)(H,25,28). The van der Waals surface area contributed by atoms with Gasteiger partial charge in [-0.15, -0.1) is 0 Å². The Labute approximate surface area is 185 Å². The van der Waals surface area contributed by atoms with Crippen molar-refractivity contribution in [3.63, 3.8) is 0 Å². The van der Waals surface area contributed by atoms with E-state index in [4.69, 9.17) is 0 Å².